The average Bonchev–Trinajstić information content (AvgIpc) is 2.19. The topological polar surface area (TPSA) is 54.0 Å². The molecule has 1 unspecified atom stereocenters. The van der Waals surface area contributed by atoms with Gasteiger partial charge in [-0.2, -0.15) is 0 Å². The van der Waals surface area contributed by atoms with Crippen molar-refractivity contribution in [1.29, 1.82) is 0 Å². The largest absolute Gasteiger partial charge is 0.357 e. The van der Waals surface area contributed by atoms with Crippen LogP contribution in [0.15, 0.2) is 12.1 Å². The van der Waals surface area contributed by atoms with Crippen molar-refractivity contribution in [1.82, 2.24) is 4.98 Å². The Morgan fingerprint density at radius 1 is 1.50 bits per heavy atom. The van der Waals surface area contributed by atoms with E-state index >= 15 is 0 Å². The summed E-state index contributed by atoms with van der Waals surface area (Å²) >= 11 is 5.80. The molecule has 1 aliphatic heterocycles. The van der Waals surface area contributed by atoms with Gasteiger partial charge in [0, 0.05) is 0 Å². The lowest BCUT2D eigenvalue weighted by atomic mass is 10.0. The molecule has 0 radical (unpaired) electrons. The highest BCUT2D eigenvalue weighted by atomic mass is 35.5. The molecular formula is C11H14ClN3O. The Hall–Kier alpha value is -1.29. The van der Waals surface area contributed by atoms with E-state index in [1.54, 1.807) is 12.1 Å². The van der Waals surface area contributed by atoms with E-state index in [-0.39, 0.29) is 11.9 Å². The number of rotatable bonds is 2. The molecule has 0 spiro atoms. The maximum absolute atomic E-state index is 11.7. The number of nitrogens with zero attached hydrogens (tertiary/aromatic N) is 1. The van der Waals surface area contributed by atoms with Crippen LogP contribution in [0.2, 0.25) is 5.15 Å². The number of carbonyl (C=O) groups is 1. The number of nitrogens with one attached hydrogen (secondary N) is 2. The van der Waals surface area contributed by atoms with Crippen molar-refractivity contribution in [2.45, 2.75) is 26.3 Å². The molecule has 5 heteroatoms. The Balaban J connectivity index is 2.22. The lowest BCUT2D eigenvalue weighted by Crippen LogP contribution is -2.40. The molecule has 1 aliphatic rings. The van der Waals surface area contributed by atoms with Crippen LogP contribution in [0.4, 0.5) is 11.5 Å². The van der Waals surface area contributed by atoms with Gasteiger partial charge in [0.25, 0.3) is 0 Å². The van der Waals surface area contributed by atoms with Crippen molar-refractivity contribution < 1.29 is 4.79 Å². The average molecular weight is 240 g/mol. The van der Waals surface area contributed by atoms with E-state index in [0.717, 1.165) is 6.42 Å². The van der Waals surface area contributed by atoms with Gasteiger partial charge in [-0.05, 0) is 24.5 Å². The molecule has 0 aromatic carbocycles. The minimum Gasteiger partial charge on any atom is -0.357 e. The van der Waals surface area contributed by atoms with Gasteiger partial charge in [0.2, 0.25) is 5.91 Å². The molecule has 2 rings (SSSR count). The number of carbonyl (C=O) groups excluding carboxylic acids is 1. The minimum absolute atomic E-state index is 0.00896. The summed E-state index contributed by atoms with van der Waals surface area (Å²) in [4.78, 5) is 15.9. The third-order valence-corrected chi connectivity index (χ3v) is 2.66. The number of hydrogen-bond donors (Lipinski definition) is 2. The highest BCUT2D eigenvalue weighted by molar-refractivity contribution is 6.29. The number of amides is 1. The molecule has 0 saturated carbocycles. The zero-order valence-corrected chi connectivity index (χ0v) is 10.0. The van der Waals surface area contributed by atoms with Crippen molar-refractivity contribution >= 4 is 29.0 Å². The fourth-order valence-corrected chi connectivity index (χ4v) is 1.88. The summed E-state index contributed by atoms with van der Waals surface area (Å²) in [5.41, 5.74) is 0.689. The van der Waals surface area contributed by atoms with Crippen molar-refractivity contribution in [2.24, 2.45) is 5.92 Å². The van der Waals surface area contributed by atoms with Crippen LogP contribution in [-0.2, 0) is 4.79 Å². The third kappa shape index (κ3) is 2.27. The van der Waals surface area contributed by atoms with Crippen LogP contribution in [0.1, 0.15) is 20.3 Å². The van der Waals surface area contributed by atoms with Gasteiger partial charge in [0.15, 0.2) is 5.82 Å². The Morgan fingerprint density at radius 2 is 2.25 bits per heavy atom. The summed E-state index contributed by atoms with van der Waals surface area (Å²) in [5, 5.41) is 6.35. The summed E-state index contributed by atoms with van der Waals surface area (Å²) in [5.74, 6) is 1.09. The molecule has 16 heavy (non-hydrogen) atoms. The summed E-state index contributed by atoms with van der Waals surface area (Å²) < 4.78 is 0. The van der Waals surface area contributed by atoms with Gasteiger partial charge in [-0.1, -0.05) is 25.4 Å². The number of fused-ring (bicyclic) bond motifs is 1. The Morgan fingerprint density at radius 3 is 2.94 bits per heavy atom. The monoisotopic (exact) mass is 239 g/mol. The predicted octanol–water partition coefficient (Wildman–Crippen LogP) is 2.51. The van der Waals surface area contributed by atoms with E-state index < -0.39 is 0 Å². The first-order chi connectivity index (χ1) is 7.56. The maximum atomic E-state index is 11.7. The Bertz CT molecular complexity index is 420. The molecule has 1 aromatic heterocycles. The fraction of sp³-hybridized carbons (Fsp3) is 0.455. The van der Waals surface area contributed by atoms with E-state index in [0.29, 0.717) is 22.6 Å². The summed E-state index contributed by atoms with van der Waals surface area (Å²) in [6.45, 7) is 4.16. The lowest BCUT2D eigenvalue weighted by Gasteiger charge is -2.26. The molecule has 4 nitrogen and oxygen atoms in total. The molecule has 2 N–H and O–H groups in total. The molecule has 2 heterocycles. The number of hydrogen-bond acceptors (Lipinski definition) is 3. The van der Waals surface area contributed by atoms with Crippen LogP contribution < -0.4 is 10.6 Å². The Kier molecular flexibility index (Phi) is 3.01. The van der Waals surface area contributed by atoms with Crippen molar-refractivity contribution in [2.75, 3.05) is 10.6 Å². The first kappa shape index (κ1) is 11.2. The zero-order chi connectivity index (χ0) is 11.7. The van der Waals surface area contributed by atoms with Crippen LogP contribution >= 0.6 is 11.6 Å². The van der Waals surface area contributed by atoms with Gasteiger partial charge in [-0.3, -0.25) is 4.79 Å². The molecule has 1 aromatic rings. The second-order valence-corrected chi connectivity index (χ2v) is 4.73. The smallest absolute Gasteiger partial charge is 0.247 e. The predicted molar refractivity (Wildman–Crippen MR) is 64.7 cm³/mol. The van der Waals surface area contributed by atoms with E-state index in [9.17, 15) is 4.79 Å². The number of halogens is 1. The minimum atomic E-state index is -0.224. The summed E-state index contributed by atoms with van der Waals surface area (Å²) in [7, 11) is 0. The van der Waals surface area contributed by atoms with Crippen molar-refractivity contribution in [3.63, 3.8) is 0 Å². The number of aromatic nitrogens is 1. The zero-order valence-electron chi connectivity index (χ0n) is 9.25. The van der Waals surface area contributed by atoms with Crippen LogP contribution in [0.3, 0.4) is 0 Å². The molecule has 0 saturated heterocycles. The first-order valence-electron chi connectivity index (χ1n) is 5.30. The number of anilines is 2. The van der Waals surface area contributed by atoms with Crippen molar-refractivity contribution in [3.8, 4) is 0 Å². The second kappa shape index (κ2) is 4.29. The fourth-order valence-electron chi connectivity index (χ4n) is 1.73. The highest BCUT2D eigenvalue weighted by Crippen LogP contribution is 2.27. The Labute approximate surface area is 99.4 Å². The lowest BCUT2D eigenvalue weighted by molar-refractivity contribution is -0.117. The summed E-state index contributed by atoms with van der Waals surface area (Å²) in [6.07, 6.45) is 0.777. The number of pyridine rings is 1. The standard InChI is InChI=1S/C11H14ClN3O/c1-6(2)5-8-11(16)14-7-3-4-9(12)15-10(7)13-8/h3-4,6,8H,5H2,1-2H3,(H,13,15)(H,14,16). The third-order valence-electron chi connectivity index (χ3n) is 2.45. The van der Waals surface area contributed by atoms with Crippen LogP contribution in [-0.4, -0.2) is 16.9 Å². The van der Waals surface area contributed by atoms with E-state index in [4.69, 9.17) is 11.6 Å². The van der Waals surface area contributed by atoms with E-state index in [1.807, 2.05) is 0 Å². The van der Waals surface area contributed by atoms with Gasteiger partial charge in [-0.15, -0.1) is 0 Å². The molecule has 1 atom stereocenters. The molecule has 1 amide bonds. The van der Waals surface area contributed by atoms with Gasteiger partial charge >= 0.3 is 0 Å². The molecule has 0 fully saturated rings. The highest BCUT2D eigenvalue weighted by Gasteiger charge is 2.26. The van der Waals surface area contributed by atoms with Crippen molar-refractivity contribution in [3.05, 3.63) is 17.3 Å². The van der Waals surface area contributed by atoms with Crippen LogP contribution in [0.5, 0.6) is 0 Å². The van der Waals surface area contributed by atoms with Gasteiger partial charge in [0.05, 0.1) is 5.69 Å². The van der Waals surface area contributed by atoms with Crippen LogP contribution in [0, 0.1) is 5.92 Å². The molecular weight excluding hydrogens is 226 g/mol. The van der Waals surface area contributed by atoms with Gasteiger partial charge in [-0.25, -0.2) is 4.98 Å². The SMILES string of the molecule is CC(C)CC1Nc2nc(Cl)ccc2NC1=O. The molecule has 86 valence electrons. The van der Waals surface area contributed by atoms with Crippen LogP contribution in [0.25, 0.3) is 0 Å². The van der Waals surface area contributed by atoms with Gasteiger partial charge < -0.3 is 10.6 Å². The quantitative estimate of drug-likeness (QED) is 0.780. The van der Waals surface area contributed by atoms with E-state index in [2.05, 4.69) is 29.5 Å². The maximum Gasteiger partial charge on any atom is 0.247 e. The second-order valence-electron chi connectivity index (χ2n) is 4.35. The molecule has 0 aliphatic carbocycles. The summed E-state index contributed by atoms with van der Waals surface area (Å²) in [6, 6.07) is 3.19. The first-order valence-corrected chi connectivity index (χ1v) is 5.68. The van der Waals surface area contributed by atoms with E-state index in [1.165, 1.54) is 0 Å². The normalized spacial score (nSPS) is 19.0. The van der Waals surface area contributed by atoms with Gasteiger partial charge in [0.1, 0.15) is 11.2 Å². The molecule has 0 bridgehead atoms.